The van der Waals surface area contributed by atoms with Crippen LogP contribution in [0.4, 0.5) is 8.78 Å². The van der Waals surface area contributed by atoms with Crippen LogP contribution in [-0.2, 0) is 0 Å². The molecule has 0 bridgehead atoms. The summed E-state index contributed by atoms with van der Waals surface area (Å²) >= 11 is 4.48. The lowest BCUT2D eigenvalue weighted by Crippen LogP contribution is -1.84. The molecule has 0 fully saturated rings. The van der Waals surface area contributed by atoms with E-state index in [1.54, 1.807) is 30.5 Å². The van der Waals surface area contributed by atoms with Gasteiger partial charge < -0.3 is 5.11 Å². The smallest absolute Gasteiger partial charge is 0.160 e. The minimum atomic E-state index is -0.824. The summed E-state index contributed by atoms with van der Waals surface area (Å²) in [5.41, 5.74) is 0. The summed E-state index contributed by atoms with van der Waals surface area (Å²) < 4.78 is 25.6. The summed E-state index contributed by atoms with van der Waals surface area (Å²) in [6, 6.07) is 11.0. The molecule has 0 aliphatic rings. The van der Waals surface area contributed by atoms with Crippen molar-refractivity contribution in [2.75, 3.05) is 6.26 Å². The van der Waals surface area contributed by atoms with Crippen molar-refractivity contribution in [3.05, 3.63) is 58.6 Å². The van der Waals surface area contributed by atoms with E-state index in [1.165, 1.54) is 17.8 Å². The third-order valence-electron chi connectivity index (χ3n) is 1.95. The maximum atomic E-state index is 12.5. The van der Waals surface area contributed by atoms with Crippen LogP contribution < -0.4 is 0 Å². The van der Waals surface area contributed by atoms with E-state index in [4.69, 9.17) is 5.11 Å². The molecule has 2 rings (SSSR count). The number of para-hydroxylation sites is 1. The van der Waals surface area contributed by atoms with Gasteiger partial charge in [0, 0.05) is 9.37 Å². The molecule has 2 aromatic carbocycles. The van der Waals surface area contributed by atoms with Gasteiger partial charge in [-0.3, -0.25) is 0 Å². The first-order valence-corrected chi connectivity index (χ1v) is 6.99. The Hall–Kier alpha value is -1.07. The van der Waals surface area contributed by atoms with E-state index in [0.717, 1.165) is 6.07 Å². The Morgan fingerprint density at radius 1 is 1.06 bits per heavy atom. The Balaban J connectivity index is 0.000000199. The number of benzene rings is 2. The summed E-state index contributed by atoms with van der Waals surface area (Å²) in [4.78, 5) is 0.698. The molecule has 2 aromatic rings. The van der Waals surface area contributed by atoms with Crippen molar-refractivity contribution in [2.45, 2.75) is 4.90 Å². The van der Waals surface area contributed by atoms with Crippen LogP contribution in [-0.4, -0.2) is 11.4 Å². The Bertz CT molecular complexity index is 506. The zero-order chi connectivity index (χ0) is 13.5. The Kier molecular flexibility index (Phi) is 6.15. The van der Waals surface area contributed by atoms with E-state index < -0.39 is 11.6 Å². The van der Waals surface area contributed by atoms with Gasteiger partial charge in [0.05, 0.1) is 0 Å². The van der Waals surface area contributed by atoms with E-state index in [0.29, 0.717) is 15.1 Å². The fourth-order valence-corrected chi connectivity index (χ4v) is 2.37. The van der Waals surface area contributed by atoms with E-state index in [-0.39, 0.29) is 0 Å². The molecule has 1 N–H and O–H groups in total. The van der Waals surface area contributed by atoms with Crippen molar-refractivity contribution in [3.63, 3.8) is 0 Å². The monoisotopic (exact) mass is 332 g/mol. The SMILES string of the molecule is CSc1cc(F)c(F)cc1Br.Oc1ccccc1. The second-order valence-corrected chi connectivity index (χ2v) is 4.94. The van der Waals surface area contributed by atoms with Gasteiger partial charge in [-0.1, -0.05) is 18.2 Å². The molecule has 0 heterocycles. The maximum Gasteiger partial charge on any atom is 0.160 e. The van der Waals surface area contributed by atoms with Crippen LogP contribution >= 0.6 is 27.7 Å². The van der Waals surface area contributed by atoms with Crippen LogP contribution in [0.5, 0.6) is 5.75 Å². The highest BCUT2D eigenvalue weighted by atomic mass is 79.9. The molecular weight excluding hydrogens is 322 g/mol. The third kappa shape index (κ3) is 4.66. The first-order valence-electron chi connectivity index (χ1n) is 4.97. The number of thioether (sulfide) groups is 1. The number of hydrogen-bond donors (Lipinski definition) is 1. The van der Waals surface area contributed by atoms with Crippen molar-refractivity contribution >= 4 is 27.7 Å². The third-order valence-corrected chi connectivity index (χ3v) is 3.65. The first kappa shape index (κ1) is 15.0. The number of aromatic hydroxyl groups is 1. The Morgan fingerprint density at radius 2 is 1.61 bits per heavy atom. The number of phenolic OH excluding ortho intramolecular Hbond substituents is 1. The summed E-state index contributed by atoms with van der Waals surface area (Å²) in [6.45, 7) is 0. The van der Waals surface area contributed by atoms with E-state index in [9.17, 15) is 8.78 Å². The van der Waals surface area contributed by atoms with Crippen LogP contribution in [0.3, 0.4) is 0 Å². The Morgan fingerprint density at radius 3 is 2.06 bits per heavy atom. The lowest BCUT2D eigenvalue weighted by Gasteiger charge is -2.00. The molecule has 0 aromatic heterocycles. The molecule has 0 saturated carbocycles. The molecule has 0 spiro atoms. The quantitative estimate of drug-likeness (QED) is 0.595. The van der Waals surface area contributed by atoms with Gasteiger partial charge in [0.2, 0.25) is 0 Å². The highest BCUT2D eigenvalue weighted by Crippen LogP contribution is 2.27. The van der Waals surface area contributed by atoms with Gasteiger partial charge >= 0.3 is 0 Å². The van der Waals surface area contributed by atoms with Crippen LogP contribution in [0.2, 0.25) is 0 Å². The summed E-state index contributed by atoms with van der Waals surface area (Å²) in [6.07, 6.45) is 1.80. The number of halogens is 3. The molecule has 5 heteroatoms. The van der Waals surface area contributed by atoms with E-state index in [2.05, 4.69) is 15.9 Å². The van der Waals surface area contributed by atoms with Crippen LogP contribution in [0, 0.1) is 11.6 Å². The zero-order valence-electron chi connectivity index (χ0n) is 9.53. The molecule has 96 valence electrons. The molecule has 0 amide bonds. The fourth-order valence-electron chi connectivity index (χ4n) is 1.09. The average molecular weight is 333 g/mol. The summed E-state index contributed by atoms with van der Waals surface area (Å²) in [7, 11) is 0. The van der Waals surface area contributed by atoms with Gasteiger partial charge in [0.25, 0.3) is 0 Å². The number of hydrogen-bond acceptors (Lipinski definition) is 2. The largest absolute Gasteiger partial charge is 0.508 e. The molecule has 0 unspecified atom stereocenters. The van der Waals surface area contributed by atoms with Crippen LogP contribution in [0.1, 0.15) is 0 Å². The second-order valence-electron chi connectivity index (χ2n) is 3.24. The van der Waals surface area contributed by atoms with Crippen molar-refractivity contribution in [2.24, 2.45) is 0 Å². The fraction of sp³-hybridized carbons (Fsp3) is 0.0769. The number of rotatable bonds is 1. The van der Waals surface area contributed by atoms with Gasteiger partial charge in [-0.05, 0) is 46.5 Å². The predicted molar refractivity (Wildman–Crippen MR) is 73.9 cm³/mol. The van der Waals surface area contributed by atoms with Crippen molar-refractivity contribution < 1.29 is 13.9 Å². The van der Waals surface area contributed by atoms with Gasteiger partial charge in [0.15, 0.2) is 11.6 Å². The zero-order valence-corrected chi connectivity index (χ0v) is 11.9. The standard InChI is InChI=1S/C7H5BrF2S.C6H6O/c1-11-7-3-6(10)5(9)2-4(7)8;7-6-4-2-1-3-5-6/h2-3H,1H3;1-5,7H. The van der Waals surface area contributed by atoms with Gasteiger partial charge in [0.1, 0.15) is 5.75 Å². The highest BCUT2D eigenvalue weighted by Gasteiger charge is 2.06. The summed E-state index contributed by atoms with van der Waals surface area (Å²) in [5.74, 6) is -1.31. The van der Waals surface area contributed by atoms with Crippen LogP contribution in [0.15, 0.2) is 51.8 Å². The molecule has 0 aliphatic heterocycles. The van der Waals surface area contributed by atoms with E-state index >= 15 is 0 Å². The molecule has 0 saturated heterocycles. The van der Waals surface area contributed by atoms with Crippen molar-refractivity contribution in [1.29, 1.82) is 0 Å². The molecule has 0 atom stereocenters. The van der Waals surface area contributed by atoms with Crippen molar-refractivity contribution in [3.8, 4) is 5.75 Å². The Labute approximate surface area is 117 Å². The van der Waals surface area contributed by atoms with Gasteiger partial charge in [-0.2, -0.15) is 0 Å². The molecule has 1 nitrogen and oxygen atoms in total. The normalized spacial score (nSPS) is 9.56. The summed E-state index contributed by atoms with van der Waals surface area (Å²) in [5, 5.41) is 8.63. The maximum absolute atomic E-state index is 12.5. The molecular formula is C13H11BrF2OS. The van der Waals surface area contributed by atoms with Gasteiger partial charge in [-0.15, -0.1) is 11.8 Å². The molecule has 18 heavy (non-hydrogen) atoms. The molecule has 0 aliphatic carbocycles. The number of phenols is 1. The minimum Gasteiger partial charge on any atom is -0.508 e. The lowest BCUT2D eigenvalue weighted by molar-refractivity contribution is 0.475. The average Bonchev–Trinajstić information content (AvgIpc) is 2.35. The minimum absolute atomic E-state index is 0.322. The molecule has 0 radical (unpaired) electrons. The van der Waals surface area contributed by atoms with Gasteiger partial charge in [-0.25, -0.2) is 8.78 Å². The highest BCUT2D eigenvalue weighted by molar-refractivity contribution is 9.10. The topological polar surface area (TPSA) is 20.2 Å². The van der Waals surface area contributed by atoms with Crippen LogP contribution in [0.25, 0.3) is 0 Å². The second kappa shape index (κ2) is 7.38. The predicted octanol–water partition coefficient (Wildman–Crippen LogP) is 4.84. The van der Waals surface area contributed by atoms with Crippen molar-refractivity contribution in [1.82, 2.24) is 0 Å². The first-order chi connectivity index (χ1) is 8.54. The lowest BCUT2D eigenvalue weighted by atomic mass is 10.3. The van der Waals surface area contributed by atoms with E-state index in [1.807, 2.05) is 6.07 Å².